The molecule has 33 heavy (non-hydrogen) atoms. The highest BCUT2D eigenvalue weighted by atomic mass is 19.4. The van der Waals surface area contributed by atoms with Crippen LogP contribution in [0.25, 0.3) is 6.08 Å². The van der Waals surface area contributed by atoms with Crippen LogP contribution in [0.15, 0.2) is 36.4 Å². The highest BCUT2D eigenvalue weighted by Crippen LogP contribution is 2.38. The largest absolute Gasteiger partial charge is 0.399 e. The zero-order chi connectivity index (χ0) is 24.6. The molecule has 0 aliphatic heterocycles. The molecule has 2 nitrogen and oxygen atoms in total. The van der Waals surface area contributed by atoms with E-state index < -0.39 is 42.5 Å². The summed E-state index contributed by atoms with van der Waals surface area (Å²) in [5, 5.41) is 2.36. The van der Waals surface area contributed by atoms with Gasteiger partial charge in [0.25, 0.3) is 0 Å². The van der Waals surface area contributed by atoms with Crippen LogP contribution in [0.4, 0.5) is 30.7 Å². The van der Waals surface area contributed by atoms with Crippen molar-refractivity contribution in [3.63, 3.8) is 0 Å². The number of aryl methyl sites for hydroxylation is 3. The predicted octanol–water partition coefficient (Wildman–Crippen LogP) is 6.86. The van der Waals surface area contributed by atoms with Crippen molar-refractivity contribution < 1.29 is 35.5 Å². The molecule has 0 fully saturated rings. The summed E-state index contributed by atoms with van der Waals surface area (Å²) in [5.41, 5.74) is 2.09. The Labute approximate surface area is 186 Å². The first-order chi connectivity index (χ1) is 15.2. The van der Waals surface area contributed by atoms with Crippen LogP contribution in [-0.4, -0.2) is 18.3 Å². The number of rotatable bonds is 5. The minimum atomic E-state index is -4.60. The summed E-state index contributed by atoms with van der Waals surface area (Å²) < 4.78 is 92.2. The fourth-order valence-electron chi connectivity index (χ4n) is 4.09. The van der Waals surface area contributed by atoms with Crippen molar-refractivity contribution in [3.8, 4) is 0 Å². The van der Waals surface area contributed by atoms with Crippen molar-refractivity contribution >= 4 is 12.0 Å². The SMILES string of the molecule is Cc1cc(C(/C=C/c2ccc3c(c2)CCC3NC(=O)CC(F)(F)F)C(F)(F)F)cc(C)c1F. The molecule has 0 saturated carbocycles. The molecule has 2 aromatic carbocycles. The first-order valence-electron chi connectivity index (χ1n) is 10.2. The quantitative estimate of drug-likeness (QED) is 0.473. The van der Waals surface area contributed by atoms with Crippen LogP contribution in [-0.2, 0) is 11.2 Å². The monoisotopic (exact) mass is 473 g/mol. The Hall–Kier alpha value is -2.84. The Morgan fingerprint density at radius 2 is 1.73 bits per heavy atom. The third-order valence-electron chi connectivity index (χ3n) is 5.59. The zero-order valence-corrected chi connectivity index (χ0v) is 17.9. The number of nitrogens with one attached hydrogen (secondary N) is 1. The Morgan fingerprint density at radius 1 is 1.09 bits per heavy atom. The number of halogens is 7. The molecule has 0 aromatic heterocycles. The lowest BCUT2D eigenvalue weighted by Crippen LogP contribution is -2.31. The van der Waals surface area contributed by atoms with Crippen LogP contribution >= 0.6 is 0 Å². The van der Waals surface area contributed by atoms with Crippen molar-refractivity contribution in [2.24, 2.45) is 0 Å². The van der Waals surface area contributed by atoms with E-state index in [-0.39, 0.29) is 16.7 Å². The van der Waals surface area contributed by atoms with E-state index in [0.717, 1.165) is 11.6 Å². The zero-order valence-electron chi connectivity index (χ0n) is 17.9. The van der Waals surface area contributed by atoms with Gasteiger partial charge in [-0.25, -0.2) is 4.39 Å². The van der Waals surface area contributed by atoms with Gasteiger partial charge in [0.2, 0.25) is 5.91 Å². The fraction of sp³-hybridized carbons (Fsp3) is 0.375. The van der Waals surface area contributed by atoms with E-state index in [2.05, 4.69) is 5.32 Å². The average Bonchev–Trinajstić information content (AvgIpc) is 3.05. The van der Waals surface area contributed by atoms with Gasteiger partial charge in [0.05, 0.1) is 12.0 Å². The Bertz CT molecular complexity index is 1050. The van der Waals surface area contributed by atoms with Gasteiger partial charge in [0.1, 0.15) is 12.2 Å². The van der Waals surface area contributed by atoms with Crippen LogP contribution < -0.4 is 5.32 Å². The van der Waals surface area contributed by atoms with Gasteiger partial charge in [-0.15, -0.1) is 0 Å². The molecule has 2 atom stereocenters. The van der Waals surface area contributed by atoms with Gasteiger partial charge >= 0.3 is 12.4 Å². The molecule has 1 aliphatic carbocycles. The number of amides is 1. The summed E-state index contributed by atoms with van der Waals surface area (Å²) in [6, 6.07) is 6.62. The van der Waals surface area contributed by atoms with E-state index in [1.54, 1.807) is 18.2 Å². The molecule has 2 aromatic rings. The summed E-state index contributed by atoms with van der Waals surface area (Å²) in [6.45, 7) is 2.82. The van der Waals surface area contributed by atoms with E-state index >= 15 is 0 Å². The minimum Gasteiger partial charge on any atom is -0.349 e. The van der Waals surface area contributed by atoms with Crippen molar-refractivity contribution in [2.45, 2.75) is 57.4 Å². The van der Waals surface area contributed by atoms with Crippen LogP contribution in [0.5, 0.6) is 0 Å². The minimum absolute atomic E-state index is 0.0660. The lowest BCUT2D eigenvalue weighted by Gasteiger charge is -2.19. The second kappa shape index (κ2) is 9.19. The molecule has 0 bridgehead atoms. The first-order valence-corrected chi connectivity index (χ1v) is 10.2. The van der Waals surface area contributed by atoms with Gasteiger partial charge in [-0.3, -0.25) is 4.79 Å². The molecule has 1 aliphatic rings. The smallest absolute Gasteiger partial charge is 0.349 e. The van der Waals surface area contributed by atoms with Crippen LogP contribution in [0, 0.1) is 19.7 Å². The van der Waals surface area contributed by atoms with Gasteiger partial charge in [-0.05, 0) is 60.1 Å². The lowest BCUT2D eigenvalue weighted by atomic mass is 9.93. The maximum Gasteiger partial charge on any atom is 0.399 e. The van der Waals surface area contributed by atoms with Crippen LogP contribution in [0.2, 0.25) is 0 Å². The van der Waals surface area contributed by atoms with Gasteiger partial charge in [-0.2, -0.15) is 26.3 Å². The van der Waals surface area contributed by atoms with E-state index in [1.807, 2.05) is 0 Å². The van der Waals surface area contributed by atoms with Crippen molar-refractivity contribution in [1.29, 1.82) is 0 Å². The maximum atomic E-state index is 13.9. The molecule has 0 radical (unpaired) electrons. The van der Waals surface area contributed by atoms with Crippen molar-refractivity contribution in [3.05, 3.63) is 75.6 Å². The number of fused-ring (bicyclic) bond motifs is 1. The molecule has 1 N–H and O–H groups in total. The molecule has 0 heterocycles. The van der Waals surface area contributed by atoms with Crippen molar-refractivity contribution in [2.75, 3.05) is 0 Å². The molecule has 178 valence electrons. The Kier molecular flexibility index (Phi) is 6.91. The van der Waals surface area contributed by atoms with E-state index in [4.69, 9.17) is 0 Å². The molecular weight excluding hydrogens is 451 g/mol. The number of alkyl halides is 6. The van der Waals surface area contributed by atoms with E-state index in [9.17, 15) is 35.5 Å². The normalized spacial score (nSPS) is 17.3. The number of hydrogen-bond acceptors (Lipinski definition) is 1. The number of carbonyl (C=O) groups is 1. The fourth-order valence-corrected chi connectivity index (χ4v) is 4.09. The second-order valence-corrected chi connectivity index (χ2v) is 8.26. The van der Waals surface area contributed by atoms with Gasteiger partial charge in [0, 0.05) is 0 Å². The summed E-state index contributed by atoms with van der Waals surface area (Å²) in [5.74, 6) is -3.60. The molecular formula is C24H22F7NO. The third-order valence-corrected chi connectivity index (χ3v) is 5.59. The Morgan fingerprint density at radius 3 is 2.30 bits per heavy atom. The van der Waals surface area contributed by atoms with Gasteiger partial charge < -0.3 is 5.32 Å². The lowest BCUT2D eigenvalue weighted by molar-refractivity contribution is -0.154. The number of hydrogen-bond donors (Lipinski definition) is 1. The van der Waals surface area contributed by atoms with E-state index in [0.29, 0.717) is 24.0 Å². The van der Waals surface area contributed by atoms with E-state index in [1.165, 1.54) is 32.1 Å². The van der Waals surface area contributed by atoms with Crippen molar-refractivity contribution in [1.82, 2.24) is 5.32 Å². The van der Waals surface area contributed by atoms with Crippen LogP contribution in [0.3, 0.4) is 0 Å². The molecule has 1 amide bonds. The molecule has 0 spiro atoms. The first kappa shape index (κ1) is 24.8. The number of carbonyl (C=O) groups excluding carboxylic acids is 1. The highest BCUT2D eigenvalue weighted by Gasteiger charge is 2.39. The topological polar surface area (TPSA) is 29.1 Å². The summed E-state index contributed by atoms with van der Waals surface area (Å²) >= 11 is 0. The molecule has 9 heteroatoms. The summed E-state index contributed by atoms with van der Waals surface area (Å²) in [7, 11) is 0. The van der Waals surface area contributed by atoms with Gasteiger partial charge in [-0.1, -0.05) is 42.5 Å². The average molecular weight is 473 g/mol. The highest BCUT2D eigenvalue weighted by molar-refractivity contribution is 5.77. The summed E-state index contributed by atoms with van der Waals surface area (Å²) in [4.78, 5) is 11.6. The molecule has 3 rings (SSSR count). The number of benzene rings is 2. The molecule has 0 saturated heterocycles. The second-order valence-electron chi connectivity index (χ2n) is 8.26. The van der Waals surface area contributed by atoms with Crippen LogP contribution in [0.1, 0.15) is 58.2 Å². The molecule has 2 unspecified atom stereocenters. The number of allylic oxidation sites excluding steroid dienone is 1. The standard InChI is InChI=1S/C24H22F7NO/c1-13-9-17(10-14(2)22(13)25)19(24(29,30)31)7-4-15-3-6-18-16(11-15)5-8-20(18)32-21(33)12-23(26,27)28/h3-4,6-7,9-11,19-20H,5,8,12H2,1-2H3,(H,32,33)/b7-4+. The Balaban J connectivity index is 1.80. The maximum absolute atomic E-state index is 13.9. The third kappa shape index (κ3) is 6.15. The predicted molar refractivity (Wildman–Crippen MR) is 110 cm³/mol. The summed E-state index contributed by atoms with van der Waals surface area (Å²) in [6.07, 6.45) is -7.54. The van der Waals surface area contributed by atoms with Gasteiger partial charge in [0.15, 0.2) is 0 Å².